The van der Waals surface area contributed by atoms with Crippen LogP contribution in [0.15, 0.2) is 35.2 Å². The Labute approximate surface area is 143 Å². The molecule has 3 heterocycles. The van der Waals surface area contributed by atoms with Gasteiger partial charge >= 0.3 is 5.97 Å². The Bertz CT molecular complexity index is 1060. The van der Waals surface area contributed by atoms with Gasteiger partial charge in [0.15, 0.2) is 0 Å². The minimum atomic E-state index is -3.77. The van der Waals surface area contributed by atoms with E-state index in [0.717, 1.165) is 0 Å². The lowest BCUT2D eigenvalue weighted by Crippen LogP contribution is -2.31. The van der Waals surface area contributed by atoms with Gasteiger partial charge in [0.25, 0.3) is 5.91 Å². The number of rotatable bonds is 2. The molecule has 2 atom stereocenters. The standard InChI is InChI=1S/C17H14N2O5S/c20-16-11-3-1-2-10-14(5-4-13(18-16)15(10)11)25(22,23)19-6-9-8-24-17(21)12(9)7-19/h1-5,9,12H,6-8H2,(H,18,20)/t9-,12-/m1/s1. The van der Waals surface area contributed by atoms with Crippen molar-refractivity contribution in [1.29, 1.82) is 0 Å². The van der Waals surface area contributed by atoms with Gasteiger partial charge in [0.05, 0.1) is 17.4 Å². The Kier molecular flexibility index (Phi) is 2.85. The number of carbonyl (C=O) groups excluding carboxylic acids is 2. The fourth-order valence-electron chi connectivity index (χ4n) is 3.99. The molecule has 128 valence electrons. The zero-order valence-electron chi connectivity index (χ0n) is 13.1. The molecule has 0 aliphatic carbocycles. The van der Waals surface area contributed by atoms with E-state index in [1.807, 2.05) is 0 Å². The molecule has 7 nitrogen and oxygen atoms in total. The summed E-state index contributed by atoms with van der Waals surface area (Å²) in [5, 5.41) is 3.90. The maximum absolute atomic E-state index is 13.2. The third kappa shape index (κ3) is 1.92. The minimum absolute atomic E-state index is 0.0812. The van der Waals surface area contributed by atoms with Gasteiger partial charge < -0.3 is 10.1 Å². The Hall–Kier alpha value is -2.45. The molecule has 0 saturated carbocycles. The second-order valence-electron chi connectivity index (χ2n) is 6.61. The first-order chi connectivity index (χ1) is 12.0. The lowest BCUT2D eigenvalue weighted by Gasteiger charge is -2.18. The van der Waals surface area contributed by atoms with Crippen LogP contribution < -0.4 is 5.32 Å². The lowest BCUT2D eigenvalue weighted by atomic mass is 10.0. The van der Waals surface area contributed by atoms with Crippen LogP contribution in [-0.2, 0) is 19.6 Å². The number of nitrogens with zero attached hydrogens (tertiary/aromatic N) is 1. The number of anilines is 1. The number of nitrogens with one attached hydrogen (secondary N) is 1. The average Bonchev–Trinajstić information content (AvgIpc) is 3.25. The van der Waals surface area contributed by atoms with Gasteiger partial charge in [0, 0.05) is 41.0 Å². The fraction of sp³-hybridized carbons (Fsp3) is 0.294. The third-order valence-corrected chi connectivity index (χ3v) is 7.15. The molecular weight excluding hydrogens is 344 g/mol. The average molecular weight is 358 g/mol. The molecule has 0 radical (unpaired) electrons. The van der Waals surface area contributed by atoms with Gasteiger partial charge in [-0.1, -0.05) is 12.1 Å². The maximum atomic E-state index is 13.2. The topological polar surface area (TPSA) is 92.8 Å². The van der Waals surface area contributed by atoms with E-state index in [-0.39, 0.29) is 48.3 Å². The molecule has 0 aromatic heterocycles. The molecule has 3 aliphatic heterocycles. The molecule has 2 fully saturated rings. The smallest absolute Gasteiger partial charge is 0.310 e. The highest BCUT2D eigenvalue weighted by Crippen LogP contribution is 2.39. The van der Waals surface area contributed by atoms with Crippen LogP contribution in [0.2, 0.25) is 0 Å². The van der Waals surface area contributed by atoms with Crippen molar-refractivity contribution >= 4 is 38.4 Å². The Morgan fingerprint density at radius 3 is 2.76 bits per heavy atom. The summed E-state index contributed by atoms with van der Waals surface area (Å²) in [5.74, 6) is -1.01. The molecule has 0 bridgehead atoms. The number of ether oxygens (including phenoxy) is 1. The molecule has 1 amide bonds. The van der Waals surface area contributed by atoms with Crippen LogP contribution in [0, 0.1) is 11.8 Å². The Morgan fingerprint density at radius 2 is 1.96 bits per heavy atom. The van der Waals surface area contributed by atoms with E-state index in [2.05, 4.69) is 5.32 Å². The molecule has 3 aliphatic rings. The van der Waals surface area contributed by atoms with E-state index in [9.17, 15) is 18.0 Å². The monoisotopic (exact) mass is 358 g/mol. The number of sulfonamides is 1. The molecule has 0 unspecified atom stereocenters. The van der Waals surface area contributed by atoms with Crippen LogP contribution in [0.25, 0.3) is 10.8 Å². The van der Waals surface area contributed by atoms with Gasteiger partial charge in [-0.05, 0) is 18.2 Å². The number of fused-ring (bicyclic) bond motifs is 1. The first kappa shape index (κ1) is 14.9. The zero-order valence-corrected chi connectivity index (χ0v) is 13.9. The van der Waals surface area contributed by atoms with Crippen LogP contribution in [0.3, 0.4) is 0 Å². The van der Waals surface area contributed by atoms with Crippen molar-refractivity contribution in [2.75, 3.05) is 25.0 Å². The summed E-state index contributed by atoms with van der Waals surface area (Å²) in [7, 11) is -3.77. The van der Waals surface area contributed by atoms with Gasteiger partial charge in [0.2, 0.25) is 10.0 Å². The molecule has 5 rings (SSSR count). The fourth-order valence-corrected chi connectivity index (χ4v) is 5.70. The molecule has 2 aromatic carbocycles. The number of cyclic esters (lactones) is 1. The van der Waals surface area contributed by atoms with Gasteiger partial charge in [0.1, 0.15) is 0 Å². The summed E-state index contributed by atoms with van der Waals surface area (Å²) in [6.07, 6.45) is 0. The molecule has 2 saturated heterocycles. The van der Waals surface area contributed by atoms with Crippen LogP contribution in [0.5, 0.6) is 0 Å². The van der Waals surface area contributed by atoms with Crippen molar-refractivity contribution < 1.29 is 22.7 Å². The summed E-state index contributed by atoms with van der Waals surface area (Å²) < 4.78 is 32.7. The highest BCUT2D eigenvalue weighted by molar-refractivity contribution is 7.89. The van der Waals surface area contributed by atoms with Crippen LogP contribution in [0.4, 0.5) is 5.69 Å². The molecule has 1 N–H and O–H groups in total. The van der Waals surface area contributed by atoms with Crippen molar-refractivity contribution in [3.8, 4) is 0 Å². The number of hydrogen-bond donors (Lipinski definition) is 1. The Balaban J connectivity index is 1.63. The summed E-state index contributed by atoms with van der Waals surface area (Å²) in [4.78, 5) is 23.9. The summed E-state index contributed by atoms with van der Waals surface area (Å²) in [6, 6.07) is 8.21. The predicted octanol–water partition coefficient (Wildman–Crippen LogP) is 1.20. The van der Waals surface area contributed by atoms with Gasteiger partial charge in [-0.2, -0.15) is 4.31 Å². The van der Waals surface area contributed by atoms with Crippen molar-refractivity contribution in [3.05, 3.63) is 35.9 Å². The normalized spacial score (nSPS) is 25.3. The summed E-state index contributed by atoms with van der Waals surface area (Å²) in [5.41, 5.74) is 1.10. The third-order valence-electron chi connectivity index (χ3n) is 5.26. The van der Waals surface area contributed by atoms with E-state index in [1.54, 1.807) is 24.3 Å². The van der Waals surface area contributed by atoms with E-state index < -0.39 is 10.0 Å². The number of carbonyl (C=O) groups is 2. The quantitative estimate of drug-likeness (QED) is 0.815. The van der Waals surface area contributed by atoms with Crippen LogP contribution in [0.1, 0.15) is 10.4 Å². The minimum Gasteiger partial charge on any atom is -0.465 e. The van der Waals surface area contributed by atoms with Crippen molar-refractivity contribution in [2.24, 2.45) is 11.8 Å². The molecule has 2 aromatic rings. The van der Waals surface area contributed by atoms with Crippen molar-refractivity contribution in [2.45, 2.75) is 4.90 Å². The number of benzene rings is 2. The highest BCUT2D eigenvalue weighted by atomic mass is 32.2. The Morgan fingerprint density at radius 1 is 1.12 bits per heavy atom. The summed E-state index contributed by atoms with van der Waals surface area (Å²) in [6.45, 7) is 0.697. The SMILES string of the molecule is O=C1Nc2ccc(S(=O)(=O)N3C[C@@H]4COC(=O)[C@@H]4C3)c3cccc1c23. The van der Waals surface area contributed by atoms with Crippen LogP contribution >= 0.6 is 0 Å². The van der Waals surface area contributed by atoms with Gasteiger partial charge in [-0.3, -0.25) is 9.59 Å². The second kappa shape index (κ2) is 4.80. The van der Waals surface area contributed by atoms with Crippen molar-refractivity contribution in [1.82, 2.24) is 4.31 Å². The first-order valence-electron chi connectivity index (χ1n) is 8.00. The predicted molar refractivity (Wildman–Crippen MR) is 88.6 cm³/mol. The van der Waals surface area contributed by atoms with Crippen molar-refractivity contribution in [3.63, 3.8) is 0 Å². The lowest BCUT2D eigenvalue weighted by molar-refractivity contribution is -0.141. The van der Waals surface area contributed by atoms with E-state index in [0.29, 0.717) is 22.0 Å². The van der Waals surface area contributed by atoms with E-state index in [4.69, 9.17) is 4.74 Å². The van der Waals surface area contributed by atoms with E-state index in [1.165, 1.54) is 10.4 Å². The second-order valence-corrected chi connectivity index (χ2v) is 8.52. The number of amides is 1. The zero-order chi connectivity index (χ0) is 17.3. The first-order valence-corrected chi connectivity index (χ1v) is 9.45. The van der Waals surface area contributed by atoms with Gasteiger partial charge in [-0.15, -0.1) is 0 Å². The molecule has 8 heteroatoms. The number of esters is 1. The highest BCUT2D eigenvalue weighted by Gasteiger charge is 2.48. The molecular formula is C17H14N2O5S. The number of hydrogen-bond acceptors (Lipinski definition) is 5. The van der Waals surface area contributed by atoms with E-state index >= 15 is 0 Å². The van der Waals surface area contributed by atoms with Crippen LogP contribution in [-0.4, -0.2) is 44.3 Å². The molecule has 0 spiro atoms. The van der Waals surface area contributed by atoms with Gasteiger partial charge in [-0.25, -0.2) is 8.42 Å². The summed E-state index contributed by atoms with van der Waals surface area (Å²) >= 11 is 0. The largest absolute Gasteiger partial charge is 0.465 e. The maximum Gasteiger partial charge on any atom is 0.310 e. The molecule has 25 heavy (non-hydrogen) atoms.